The Bertz CT molecular complexity index is 599. The summed E-state index contributed by atoms with van der Waals surface area (Å²) < 4.78 is 0. The third-order valence-corrected chi connectivity index (χ3v) is 4.12. The highest BCUT2D eigenvalue weighted by Crippen LogP contribution is 2.35. The number of rotatable bonds is 3. The van der Waals surface area contributed by atoms with E-state index >= 15 is 0 Å². The number of halogens is 2. The smallest absolute Gasteiger partial charge is 0.123 e. The standard InChI is InChI=1S/C13H10Cl2N2S/c14-8-5-6-11(9(7-8)13(16)17)18-12-4-2-1-3-10(12)15/h1-7H,(H3,16,17). The summed E-state index contributed by atoms with van der Waals surface area (Å²) in [5.74, 6) is -0.00736. The molecule has 2 nitrogen and oxygen atoms in total. The molecule has 5 heteroatoms. The summed E-state index contributed by atoms with van der Waals surface area (Å²) in [5, 5.41) is 8.80. The molecule has 0 aliphatic carbocycles. The van der Waals surface area contributed by atoms with Gasteiger partial charge in [-0.3, -0.25) is 5.41 Å². The first kappa shape index (κ1) is 13.3. The maximum absolute atomic E-state index is 7.57. The summed E-state index contributed by atoms with van der Waals surface area (Å²) in [6.07, 6.45) is 0. The summed E-state index contributed by atoms with van der Waals surface area (Å²) in [7, 11) is 0. The van der Waals surface area contributed by atoms with Crippen LogP contribution in [0.5, 0.6) is 0 Å². The second-order valence-electron chi connectivity index (χ2n) is 3.59. The molecule has 0 heterocycles. The van der Waals surface area contributed by atoms with Crippen LogP contribution in [0, 0.1) is 5.41 Å². The first-order valence-corrected chi connectivity index (χ1v) is 6.71. The number of nitrogen functional groups attached to an aromatic ring is 1. The van der Waals surface area contributed by atoms with Crippen LogP contribution in [0.25, 0.3) is 0 Å². The van der Waals surface area contributed by atoms with Crippen molar-refractivity contribution in [1.29, 1.82) is 5.41 Å². The van der Waals surface area contributed by atoms with Gasteiger partial charge in [-0.15, -0.1) is 0 Å². The summed E-state index contributed by atoms with van der Waals surface area (Å²) in [6, 6.07) is 12.8. The molecule has 0 radical (unpaired) electrons. The zero-order chi connectivity index (χ0) is 13.1. The number of nitrogens with one attached hydrogen (secondary N) is 1. The predicted molar refractivity (Wildman–Crippen MR) is 78.0 cm³/mol. The highest BCUT2D eigenvalue weighted by Gasteiger charge is 2.09. The minimum atomic E-state index is -0.00736. The first-order chi connectivity index (χ1) is 8.58. The van der Waals surface area contributed by atoms with E-state index in [4.69, 9.17) is 34.3 Å². The van der Waals surface area contributed by atoms with Crippen LogP contribution in [0.3, 0.4) is 0 Å². The van der Waals surface area contributed by atoms with E-state index < -0.39 is 0 Å². The third kappa shape index (κ3) is 2.99. The lowest BCUT2D eigenvalue weighted by molar-refractivity contribution is 1.33. The second kappa shape index (κ2) is 5.65. The lowest BCUT2D eigenvalue weighted by atomic mass is 10.2. The molecule has 3 N–H and O–H groups in total. The molecule has 2 aromatic rings. The maximum atomic E-state index is 7.57. The number of benzene rings is 2. The van der Waals surface area contributed by atoms with E-state index in [0.29, 0.717) is 15.6 Å². The van der Waals surface area contributed by atoms with Crippen molar-refractivity contribution in [3.63, 3.8) is 0 Å². The van der Waals surface area contributed by atoms with E-state index in [1.165, 1.54) is 11.8 Å². The van der Waals surface area contributed by atoms with Crippen LogP contribution >= 0.6 is 35.0 Å². The summed E-state index contributed by atoms with van der Waals surface area (Å²) in [5.41, 5.74) is 6.17. The van der Waals surface area contributed by atoms with Gasteiger partial charge >= 0.3 is 0 Å². The molecule has 0 aliphatic heterocycles. The molecule has 0 atom stereocenters. The lowest BCUT2D eigenvalue weighted by Gasteiger charge is -2.09. The summed E-state index contributed by atoms with van der Waals surface area (Å²) in [4.78, 5) is 1.78. The summed E-state index contributed by atoms with van der Waals surface area (Å²) in [6.45, 7) is 0. The molecule has 0 saturated carbocycles. The van der Waals surface area contributed by atoms with Crippen LogP contribution in [0.2, 0.25) is 10.0 Å². The van der Waals surface area contributed by atoms with Crippen molar-refractivity contribution in [3.8, 4) is 0 Å². The molecule has 92 valence electrons. The highest BCUT2D eigenvalue weighted by atomic mass is 35.5. The number of amidine groups is 1. The van der Waals surface area contributed by atoms with Crippen LogP contribution in [0.15, 0.2) is 52.3 Å². The van der Waals surface area contributed by atoms with Gasteiger partial charge < -0.3 is 5.73 Å². The quantitative estimate of drug-likeness (QED) is 0.650. The van der Waals surface area contributed by atoms with Crippen molar-refractivity contribution in [3.05, 3.63) is 58.1 Å². The minimum Gasteiger partial charge on any atom is -0.384 e. The molecule has 0 aliphatic rings. The van der Waals surface area contributed by atoms with Crippen LogP contribution in [0.1, 0.15) is 5.56 Å². The van der Waals surface area contributed by atoms with Gasteiger partial charge in [-0.25, -0.2) is 0 Å². The second-order valence-corrected chi connectivity index (χ2v) is 5.51. The van der Waals surface area contributed by atoms with Crippen molar-refractivity contribution in [2.24, 2.45) is 5.73 Å². The van der Waals surface area contributed by atoms with Gasteiger partial charge in [0.15, 0.2) is 0 Å². The van der Waals surface area contributed by atoms with E-state index in [0.717, 1.165) is 9.79 Å². The molecule has 2 aromatic carbocycles. The fourth-order valence-corrected chi connectivity index (χ4v) is 2.84. The van der Waals surface area contributed by atoms with Gasteiger partial charge in [0.05, 0.1) is 5.02 Å². The van der Waals surface area contributed by atoms with Crippen LogP contribution in [0.4, 0.5) is 0 Å². The van der Waals surface area contributed by atoms with E-state index in [2.05, 4.69) is 0 Å². The SMILES string of the molecule is N=C(N)c1cc(Cl)ccc1Sc1ccccc1Cl. The molecule has 0 saturated heterocycles. The molecular weight excluding hydrogens is 287 g/mol. The number of hydrogen-bond donors (Lipinski definition) is 2. The summed E-state index contributed by atoms with van der Waals surface area (Å²) >= 11 is 13.5. The van der Waals surface area contributed by atoms with Gasteiger partial charge in [-0.2, -0.15) is 0 Å². The Morgan fingerprint density at radius 2 is 1.78 bits per heavy atom. The van der Waals surface area contributed by atoms with Crippen molar-refractivity contribution >= 4 is 40.8 Å². The third-order valence-electron chi connectivity index (χ3n) is 2.29. The van der Waals surface area contributed by atoms with E-state index in [-0.39, 0.29) is 5.84 Å². The molecule has 0 fully saturated rings. The van der Waals surface area contributed by atoms with Crippen molar-refractivity contribution in [1.82, 2.24) is 0 Å². The monoisotopic (exact) mass is 296 g/mol. The van der Waals surface area contributed by atoms with Gasteiger partial charge in [0.2, 0.25) is 0 Å². The number of hydrogen-bond acceptors (Lipinski definition) is 2. The van der Waals surface area contributed by atoms with Crippen LogP contribution < -0.4 is 5.73 Å². The van der Waals surface area contributed by atoms with Crippen LogP contribution in [-0.2, 0) is 0 Å². The Hall–Kier alpha value is -1.16. The Morgan fingerprint density at radius 3 is 2.44 bits per heavy atom. The van der Waals surface area contributed by atoms with E-state index in [9.17, 15) is 0 Å². The topological polar surface area (TPSA) is 49.9 Å². The molecule has 0 aromatic heterocycles. The Kier molecular flexibility index (Phi) is 4.17. The maximum Gasteiger partial charge on any atom is 0.123 e. The fourth-order valence-electron chi connectivity index (χ4n) is 1.45. The molecule has 0 unspecified atom stereocenters. The molecule has 0 spiro atoms. The first-order valence-electron chi connectivity index (χ1n) is 5.14. The highest BCUT2D eigenvalue weighted by molar-refractivity contribution is 7.99. The van der Waals surface area contributed by atoms with Crippen molar-refractivity contribution in [2.45, 2.75) is 9.79 Å². The molecule has 2 rings (SSSR count). The van der Waals surface area contributed by atoms with Crippen molar-refractivity contribution in [2.75, 3.05) is 0 Å². The van der Waals surface area contributed by atoms with Crippen LogP contribution in [-0.4, -0.2) is 5.84 Å². The van der Waals surface area contributed by atoms with Gasteiger partial charge in [0.25, 0.3) is 0 Å². The zero-order valence-corrected chi connectivity index (χ0v) is 11.6. The lowest BCUT2D eigenvalue weighted by Crippen LogP contribution is -2.12. The molecular formula is C13H10Cl2N2S. The predicted octanol–water partition coefficient (Wildman–Crippen LogP) is 4.43. The fraction of sp³-hybridized carbons (Fsp3) is 0. The average Bonchev–Trinajstić information content (AvgIpc) is 2.34. The normalized spacial score (nSPS) is 10.3. The molecule has 0 bridgehead atoms. The Morgan fingerprint density at radius 1 is 1.06 bits per heavy atom. The van der Waals surface area contributed by atoms with Gasteiger partial charge in [-0.05, 0) is 30.3 Å². The molecule has 0 amide bonds. The van der Waals surface area contributed by atoms with Crippen molar-refractivity contribution < 1.29 is 0 Å². The number of nitrogens with two attached hydrogens (primary N) is 1. The minimum absolute atomic E-state index is 0.00736. The average molecular weight is 297 g/mol. The molecule has 18 heavy (non-hydrogen) atoms. The van der Waals surface area contributed by atoms with Gasteiger partial charge in [0.1, 0.15) is 5.84 Å². The van der Waals surface area contributed by atoms with Gasteiger partial charge in [-0.1, -0.05) is 47.1 Å². The van der Waals surface area contributed by atoms with E-state index in [1.54, 1.807) is 12.1 Å². The largest absolute Gasteiger partial charge is 0.384 e. The van der Waals surface area contributed by atoms with E-state index in [1.807, 2.05) is 30.3 Å². The Labute approximate surface area is 120 Å². The Balaban J connectivity index is 2.41. The zero-order valence-electron chi connectivity index (χ0n) is 9.28. The van der Waals surface area contributed by atoms with Gasteiger partial charge in [0, 0.05) is 20.4 Å².